The van der Waals surface area contributed by atoms with Crippen LogP contribution in [0.5, 0.6) is 0 Å². The predicted octanol–water partition coefficient (Wildman–Crippen LogP) is 1.36. The Morgan fingerprint density at radius 1 is 1.09 bits per heavy atom. The first-order valence-corrected chi connectivity index (χ1v) is 10.0. The van der Waals surface area contributed by atoms with Crippen molar-refractivity contribution in [3.8, 4) is 0 Å². The fraction of sp³-hybridized carbons (Fsp3) is 0.0870. The lowest BCUT2D eigenvalue weighted by Gasteiger charge is -2.21. The number of hydrogen-bond acceptors (Lipinski definition) is 6. The Hall–Kier alpha value is -4.24. The van der Waals surface area contributed by atoms with Gasteiger partial charge >= 0.3 is 0 Å². The second-order valence-corrected chi connectivity index (χ2v) is 7.72. The molecule has 1 atom stereocenters. The summed E-state index contributed by atoms with van der Waals surface area (Å²) in [5, 5.41) is 2.40. The Labute approximate surface area is 193 Å². The maximum absolute atomic E-state index is 13.0. The van der Waals surface area contributed by atoms with E-state index in [0.29, 0.717) is 29.0 Å². The standard InChI is InChI=1S/C23H16N6O3.ClH/c24-21(30)14-10-12-4-3-5-13-19(25-7-9-29(14)20(12)13)18-17(22(31)27-23(18)32)15-11-26-16-6-1-2-8-28(15)16;/h1-9,11,14H,10H2,(H2,24,30)(H,27,31,32);1H. The number of pyridine rings is 1. The molecule has 1 aromatic carbocycles. The van der Waals surface area contributed by atoms with Crippen molar-refractivity contribution in [1.82, 2.24) is 14.7 Å². The number of primary amides is 1. The number of imide groups is 1. The molecule has 0 saturated heterocycles. The van der Waals surface area contributed by atoms with Crippen molar-refractivity contribution in [2.45, 2.75) is 12.5 Å². The van der Waals surface area contributed by atoms with Crippen molar-refractivity contribution in [3.63, 3.8) is 0 Å². The van der Waals surface area contributed by atoms with Crippen LogP contribution >= 0.6 is 12.4 Å². The molecule has 0 spiro atoms. The molecule has 3 aliphatic heterocycles. The maximum Gasteiger partial charge on any atom is 0.261 e. The van der Waals surface area contributed by atoms with E-state index in [4.69, 9.17) is 5.73 Å². The highest BCUT2D eigenvalue weighted by Gasteiger charge is 2.40. The van der Waals surface area contributed by atoms with Crippen molar-refractivity contribution < 1.29 is 14.4 Å². The van der Waals surface area contributed by atoms with Crippen LogP contribution in [0.4, 0.5) is 5.69 Å². The van der Waals surface area contributed by atoms with Gasteiger partial charge in [0.2, 0.25) is 5.91 Å². The molecule has 164 valence electrons. The number of para-hydroxylation sites is 1. The van der Waals surface area contributed by atoms with Gasteiger partial charge in [0.15, 0.2) is 0 Å². The number of halogens is 1. The van der Waals surface area contributed by atoms with Crippen LogP contribution in [0, 0.1) is 0 Å². The molecule has 6 rings (SSSR count). The van der Waals surface area contributed by atoms with E-state index in [-0.39, 0.29) is 23.6 Å². The molecule has 0 saturated carbocycles. The minimum atomic E-state index is -0.539. The van der Waals surface area contributed by atoms with Crippen molar-refractivity contribution in [1.29, 1.82) is 0 Å². The molecule has 1 unspecified atom stereocenters. The van der Waals surface area contributed by atoms with Crippen LogP contribution in [0.3, 0.4) is 0 Å². The quantitative estimate of drug-likeness (QED) is 0.571. The number of carbonyl (C=O) groups is 3. The number of nitrogens with two attached hydrogens (primary N) is 1. The summed E-state index contributed by atoms with van der Waals surface area (Å²) in [5.41, 5.74) is 9.85. The fourth-order valence-corrected chi connectivity index (χ4v) is 4.62. The average Bonchev–Trinajstić information content (AvgIpc) is 3.40. The minimum Gasteiger partial charge on any atom is -0.368 e. The van der Waals surface area contributed by atoms with Gasteiger partial charge in [-0.2, -0.15) is 0 Å². The van der Waals surface area contributed by atoms with Crippen LogP contribution in [-0.4, -0.2) is 38.9 Å². The van der Waals surface area contributed by atoms with Gasteiger partial charge in [-0.15, -0.1) is 12.4 Å². The zero-order valence-electron chi connectivity index (χ0n) is 17.1. The molecule has 0 fully saturated rings. The van der Waals surface area contributed by atoms with E-state index in [2.05, 4.69) is 15.3 Å². The zero-order chi connectivity index (χ0) is 22.0. The van der Waals surface area contributed by atoms with E-state index < -0.39 is 23.8 Å². The summed E-state index contributed by atoms with van der Waals surface area (Å²) in [6.45, 7) is 0. The van der Waals surface area contributed by atoms with Gasteiger partial charge in [0.05, 0.1) is 34.4 Å². The number of fused-ring (bicyclic) bond motifs is 1. The first-order valence-electron chi connectivity index (χ1n) is 10.0. The molecule has 3 amide bonds. The average molecular weight is 461 g/mol. The highest BCUT2D eigenvalue weighted by atomic mass is 35.5. The molecule has 3 N–H and O–H groups in total. The first-order chi connectivity index (χ1) is 15.5. The number of imidazole rings is 1. The summed E-state index contributed by atoms with van der Waals surface area (Å²) in [6, 6.07) is 10.5. The number of nitrogens with zero attached hydrogens (tertiary/aromatic N) is 4. The molecule has 5 heterocycles. The molecule has 10 heteroatoms. The smallest absolute Gasteiger partial charge is 0.261 e. The number of rotatable bonds is 3. The molecule has 2 aromatic heterocycles. The first kappa shape index (κ1) is 20.7. The van der Waals surface area contributed by atoms with E-state index >= 15 is 0 Å². The number of hydrogen-bond donors (Lipinski definition) is 2. The Kier molecular flexibility index (Phi) is 4.64. The summed E-state index contributed by atoms with van der Waals surface area (Å²) in [4.78, 5) is 48.6. The normalized spacial score (nSPS) is 18.7. The lowest BCUT2D eigenvalue weighted by atomic mass is 9.94. The second-order valence-electron chi connectivity index (χ2n) is 7.72. The minimum absolute atomic E-state index is 0. The summed E-state index contributed by atoms with van der Waals surface area (Å²) < 4.78 is 1.76. The van der Waals surface area contributed by atoms with E-state index in [0.717, 1.165) is 11.3 Å². The van der Waals surface area contributed by atoms with Crippen LogP contribution in [-0.2, 0) is 20.8 Å². The number of benzene rings is 1. The highest BCUT2D eigenvalue weighted by molar-refractivity contribution is 6.47. The van der Waals surface area contributed by atoms with Crippen LogP contribution in [0.15, 0.2) is 71.8 Å². The number of carbonyl (C=O) groups excluding carboxylic acids is 3. The van der Waals surface area contributed by atoms with Crippen LogP contribution in [0.1, 0.15) is 16.8 Å². The number of nitrogens with one attached hydrogen (secondary N) is 1. The molecule has 9 nitrogen and oxygen atoms in total. The molecular formula is C23H17ClN6O3. The molecule has 0 bridgehead atoms. The van der Waals surface area contributed by atoms with Gasteiger partial charge in [0.25, 0.3) is 11.8 Å². The van der Waals surface area contributed by atoms with Crippen LogP contribution in [0.2, 0.25) is 0 Å². The number of aliphatic imine (C=N–C) groups is 1. The second kappa shape index (κ2) is 7.42. The SMILES string of the molecule is Cl.NC(=O)C1Cc2cccc3c2N1C=CN=C3C1=C(c2cnc3ccccn23)C(=O)NC1=O. The summed E-state index contributed by atoms with van der Waals surface area (Å²) in [6.07, 6.45) is 7.02. The number of amides is 3. The Balaban J connectivity index is 0.00000228. The predicted molar refractivity (Wildman–Crippen MR) is 124 cm³/mol. The van der Waals surface area contributed by atoms with Gasteiger partial charge in [0.1, 0.15) is 11.7 Å². The molecular weight excluding hydrogens is 444 g/mol. The van der Waals surface area contributed by atoms with E-state index in [1.54, 1.807) is 27.9 Å². The fourth-order valence-electron chi connectivity index (χ4n) is 4.62. The van der Waals surface area contributed by atoms with E-state index in [9.17, 15) is 14.4 Å². The van der Waals surface area contributed by atoms with Crippen molar-refractivity contribution >= 4 is 52.7 Å². The van der Waals surface area contributed by atoms with Gasteiger partial charge in [-0.25, -0.2) is 4.98 Å². The van der Waals surface area contributed by atoms with Crippen molar-refractivity contribution in [3.05, 3.63) is 83.6 Å². The largest absolute Gasteiger partial charge is 0.368 e. The lowest BCUT2D eigenvalue weighted by molar-refractivity contribution is -0.123. The third-order valence-corrected chi connectivity index (χ3v) is 5.98. The number of anilines is 1. The monoisotopic (exact) mass is 460 g/mol. The topological polar surface area (TPSA) is 122 Å². The van der Waals surface area contributed by atoms with E-state index in [1.807, 2.05) is 36.4 Å². The van der Waals surface area contributed by atoms with Gasteiger partial charge in [-0.05, 0) is 17.7 Å². The van der Waals surface area contributed by atoms with Gasteiger partial charge in [-0.3, -0.25) is 29.1 Å². The van der Waals surface area contributed by atoms with Gasteiger partial charge in [-0.1, -0.05) is 24.3 Å². The Morgan fingerprint density at radius 2 is 1.91 bits per heavy atom. The van der Waals surface area contributed by atoms with Gasteiger partial charge in [0, 0.05) is 30.6 Å². The zero-order valence-corrected chi connectivity index (χ0v) is 17.9. The Morgan fingerprint density at radius 3 is 2.73 bits per heavy atom. The highest BCUT2D eigenvalue weighted by Crippen LogP contribution is 2.40. The lowest BCUT2D eigenvalue weighted by Crippen LogP contribution is -2.39. The molecule has 0 radical (unpaired) electrons. The van der Waals surface area contributed by atoms with Gasteiger partial charge < -0.3 is 10.6 Å². The maximum atomic E-state index is 13.0. The molecule has 3 aliphatic rings. The van der Waals surface area contributed by atoms with Crippen LogP contribution in [0.25, 0.3) is 11.2 Å². The number of aromatic nitrogens is 2. The summed E-state index contributed by atoms with van der Waals surface area (Å²) >= 11 is 0. The molecule has 33 heavy (non-hydrogen) atoms. The van der Waals surface area contributed by atoms with Crippen molar-refractivity contribution in [2.75, 3.05) is 4.90 Å². The third-order valence-electron chi connectivity index (χ3n) is 5.98. The van der Waals surface area contributed by atoms with Crippen molar-refractivity contribution in [2.24, 2.45) is 10.7 Å². The third kappa shape index (κ3) is 2.90. The molecule has 0 aliphatic carbocycles. The molecule has 3 aromatic rings. The Bertz CT molecular complexity index is 1470. The van der Waals surface area contributed by atoms with Crippen LogP contribution < -0.4 is 16.0 Å². The summed E-state index contributed by atoms with van der Waals surface area (Å²) in [7, 11) is 0. The summed E-state index contributed by atoms with van der Waals surface area (Å²) in [5.74, 6) is -1.48. The van der Waals surface area contributed by atoms with E-state index in [1.165, 1.54) is 6.20 Å².